The number of sulfonamides is 1. The summed E-state index contributed by atoms with van der Waals surface area (Å²) in [5, 5.41) is 2.77. The summed E-state index contributed by atoms with van der Waals surface area (Å²) in [5.41, 5.74) is 1.25. The Labute approximate surface area is 171 Å². The molecule has 0 fully saturated rings. The predicted octanol–water partition coefficient (Wildman–Crippen LogP) is 4.51. The lowest BCUT2D eigenvalue weighted by Crippen LogP contribution is -2.15. The highest BCUT2D eigenvalue weighted by Gasteiger charge is 2.15. The van der Waals surface area contributed by atoms with Crippen molar-refractivity contribution in [3.05, 3.63) is 82.8 Å². The van der Waals surface area contributed by atoms with E-state index >= 15 is 0 Å². The Morgan fingerprint density at radius 2 is 1.61 bits per heavy atom. The molecular weight excluding hydrogens is 444 g/mol. The summed E-state index contributed by atoms with van der Waals surface area (Å²) in [4.78, 5) is 12.6. The molecule has 0 radical (unpaired) electrons. The number of nitrogens with one attached hydrogen (secondary N) is 2. The van der Waals surface area contributed by atoms with Crippen molar-refractivity contribution in [2.24, 2.45) is 0 Å². The van der Waals surface area contributed by atoms with Gasteiger partial charge in [-0.1, -0.05) is 28.1 Å². The van der Waals surface area contributed by atoms with Crippen LogP contribution in [0.15, 0.2) is 82.2 Å². The Balaban J connectivity index is 1.77. The molecule has 0 unspecified atom stereocenters. The van der Waals surface area contributed by atoms with E-state index in [1.54, 1.807) is 48.5 Å². The minimum Gasteiger partial charge on any atom is -0.497 e. The molecule has 0 saturated carbocycles. The number of carbonyl (C=O) groups excluding carboxylic acids is 1. The highest BCUT2D eigenvalue weighted by atomic mass is 79.9. The number of hydrogen-bond donors (Lipinski definition) is 2. The molecular formula is C20H17BrN2O4S. The molecule has 0 aliphatic heterocycles. The Morgan fingerprint density at radius 3 is 2.29 bits per heavy atom. The quantitative estimate of drug-likeness (QED) is 0.566. The van der Waals surface area contributed by atoms with Crippen LogP contribution in [0.4, 0.5) is 11.4 Å². The number of benzene rings is 3. The number of hydrogen-bond acceptors (Lipinski definition) is 4. The van der Waals surface area contributed by atoms with Crippen LogP contribution in [0, 0.1) is 0 Å². The van der Waals surface area contributed by atoms with Crippen LogP contribution in [0.5, 0.6) is 5.75 Å². The average molecular weight is 461 g/mol. The Kier molecular flexibility index (Phi) is 6.01. The molecule has 0 spiro atoms. The summed E-state index contributed by atoms with van der Waals surface area (Å²) < 4.78 is 33.5. The average Bonchev–Trinajstić information content (AvgIpc) is 2.68. The summed E-state index contributed by atoms with van der Waals surface area (Å²) in [6.07, 6.45) is 0. The van der Waals surface area contributed by atoms with E-state index in [4.69, 9.17) is 4.74 Å². The van der Waals surface area contributed by atoms with E-state index in [0.717, 1.165) is 4.47 Å². The van der Waals surface area contributed by atoms with Gasteiger partial charge in [0.15, 0.2) is 0 Å². The van der Waals surface area contributed by atoms with E-state index in [2.05, 4.69) is 26.0 Å². The third-order valence-electron chi connectivity index (χ3n) is 3.83. The van der Waals surface area contributed by atoms with Crippen LogP contribution in [-0.4, -0.2) is 21.4 Å². The van der Waals surface area contributed by atoms with Crippen LogP contribution in [0.3, 0.4) is 0 Å². The number of methoxy groups -OCH3 is 1. The maximum Gasteiger partial charge on any atom is 0.261 e. The second kappa shape index (κ2) is 8.45. The highest BCUT2D eigenvalue weighted by Crippen LogP contribution is 2.21. The number of carbonyl (C=O) groups is 1. The largest absolute Gasteiger partial charge is 0.497 e. The lowest BCUT2D eigenvalue weighted by molar-refractivity contribution is 0.102. The summed E-state index contributed by atoms with van der Waals surface area (Å²) in [5.74, 6) is 0.216. The van der Waals surface area contributed by atoms with Crippen molar-refractivity contribution in [2.75, 3.05) is 17.1 Å². The lowest BCUT2D eigenvalue weighted by atomic mass is 10.2. The number of amides is 1. The first-order valence-corrected chi connectivity index (χ1v) is 10.5. The van der Waals surface area contributed by atoms with E-state index in [9.17, 15) is 13.2 Å². The number of halogens is 1. The zero-order chi connectivity index (χ0) is 20.1. The molecule has 3 rings (SSSR count). The first kappa shape index (κ1) is 19.9. The molecule has 0 aromatic heterocycles. The SMILES string of the molecule is COc1ccc(S(=O)(=O)Nc2cccc(C(=O)Nc3cccc(Br)c3)c2)cc1. The fourth-order valence-electron chi connectivity index (χ4n) is 2.46. The van der Waals surface area contributed by atoms with E-state index in [0.29, 0.717) is 17.0 Å². The van der Waals surface area contributed by atoms with Crippen molar-refractivity contribution >= 4 is 43.2 Å². The molecule has 28 heavy (non-hydrogen) atoms. The molecule has 144 valence electrons. The normalized spacial score (nSPS) is 10.9. The topological polar surface area (TPSA) is 84.5 Å². The van der Waals surface area contributed by atoms with E-state index in [-0.39, 0.29) is 16.5 Å². The second-order valence-electron chi connectivity index (χ2n) is 5.83. The van der Waals surface area contributed by atoms with Crippen molar-refractivity contribution in [1.82, 2.24) is 0 Å². The third-order valence-corrected chi connectivity index (χ3v) is 5.72. The molecule has 0 heterocycles. The van der Waals surface area contributed by atoms with E-state index < -0.39 is 10.0 Å². The van der Waals surface area contributed by atoms with Crippen LogP contribution in [0.2, 0.25) is 0 Å². The fourth-order valence-corrected chi connectivity index (χ4v) is 3.91. The Morgan fingerprint density at radius 1 is 0.929 bits per heavy atom. The fraction of sp³-hybridized carbons (Fsp3) is 0.0500. The zero-order valence-electron chi connectivity index (χ0n) is 14.8. The minimum absolute atomic E-state index is 0.0947. The van der Waals surface area contributed by atoms with Crippen LogP contribution in [0.25, 0.3) is 0 Å². The van der Waals surface area contributed by atoms with Crippen molar-refractivity contribution in [3.8, 4) is 5.75 Å². The first-order chi connectivity index (χ1) is 13.4. The van der Waals surface area contributed by atoms with Gasteiger partial charge in [0.25, 0.3) is 15.9 Å². The van der Waals surface area contributed by atoms with Gasteiger partial charge in [0, 0.05) is 21.4 Å². The van der Waals surface area contributed by atoms with Crippen LogP contribution in [-0.2, 0) is 10.0 Å². The van der Waals surface area contributed by atoms with Gasteiger partial charge in [0.2, 0.25) is 0 Å². The lowest BCUT2D eigenvalue weighted by Gasteiger charge is -2.10. The number of rotatable bonds is 6. The molecule has 6 nitrogen and oxygen atoms in total. The third kappa shape index (κ3) is 4.90. The van der Waals surface area contributed by atoms with Crippen molar-refractivity contribution in [3.63, 3.8) is 0 Å². The Hall–Kier alpha value is -2.84. The highest BCUT2D eigenvalue weighted by molar-refractivity contribution is 9.10. The second-order valence-corrected chi connectivity index (χ2v) is 8.42. The van der Waals surface area contributed by atoms with Gasteiger partial charge in [0.1, 0.15) is 5.75 Å². The maximum absolute atomic E-state index is 12.6. The predicted molar refractivity (Wildman–Crippen MR) is 112 cm³/mol. The van der Waals surface area contributed by atoms with Gasteiger partial charge in [-0.15, -0.1) is 0 Å². The van der Waals surface area contributed by atoms with Gasteiger partial charge in [-0.25, -0.2) is 8.42 Å². The standard InChI is InChI=1S/C20H17BrN2O4S/c1-27-18-8-10-19(11-9-18)28(25,26)23-17-7-2-4-14(12-17)20(24)22-16-6-3-5-15(21)13-16/h2-13,23H,1H3,(H,22,24). The van der Waals surface area contributed by atoms with Gasteiger partial charge in [0.05, 0.1) is 12.0 Å². The van der Waals surface area contributed by atoms with Crippen molar-refractivity contribution < 1.29 is 17.9 Å². The van der Waals surface area contributed by atoms with Crippen LogP contribution >= 0.6 is 15.9 Å². The monoisotopic (exact) mass is 460 g/mol. The molecule has 0 aliphatic rings. The molecule has 1 amide bonds. The summed E-state index contributed by atoms with van der Waals surface area (Å²) >= 11 is 3.35. The minimum atomic E-state index is -3.79. The van der Waals surface area contributed by atoms with Crippen molar-refractivity contribution in [1.29, 1.82) is 0 Å². The van der Waals surface area contributed by atoms with E-state index in [1.807, 2.05) is 6.07 Å². The zero-order valence-corrected chi connectivity index (χ0v) is 17.2. The summed E-state index contributed by atoms with van der Waals surface area (Å²) in [7, 11) is -2.28. The number of anilines is 2. The molecule has 3 aromatic rings. The molecule has 0 bridgehead atoms. The Bertz CT molecular complexity index is 1100. The number of ether oxygens (including phenoxy) is 1. The molecule has 0 saturated heterocycles. The summed E-state index contributed by atoms with van der Waals surface area (Å²) in [6.45, 7) is 0. The van der Waals surface area contributed by atoms with Gasteiger partial charge < -0.3 is 10.1 Å². The van der Waals surface area contributed by atoms with Gasteiger partial charge >= 0.3 is 0 Å². The molecule has 3 aromatic carbocycles. The molecule has 8 heteroatoms. The molecule has 0 aliphatic carbocycles. The van der Waals surface area contributed by atoms with Gasteiger partial charge in [-0.3, -0.25) is 9.52 Å². The maximum atomic E-state index is 12.6. The van der Waals surface area contributed by atoms with Gasteiger partial charge in [-0.2, -0.15) is 0 Å². The van der Waals surface area contributed by atoms with Gasteiger partial charge in [-0.05, 0) is 60.7 Å². The van der Waals surface area contributed by atoms with Crippen LogP contribution < -0.4 is 14.8 Å². The first-order valence-electron chi connectivity index (χ1n) is 8.21. The molecule has 0 atom stereocenters. The van der Waals surface area contributed by atoms with Crippen molar-refractivity contribution in [2.45, 2.75) is 4.90 Å². The molecule has 2 N–H and O–H groups in total. The van der Waals surface area contributed by atoms with Crippen LogP contribution in [0.1, 0.15) is 10.4 Å². The summed E-state index contributed by atoms with van der Waals surface area (Å²) in [6, 6.07) is 19.5. The smallest absolute Gasteiger partial charge is 0.261 e. The van der Waals surface area contributed by atoms with E-state index in [1.165, 1.54) is 25.3 Å².